The molecule has 2 aromatic carbocycles. The predicted octanol–water partition coefficient (Wildman–Crippen LogP) is 5.22. The number of fused-ring (bicyclic) bond motifs is 1. The van der Waals surface area contributed by atoms with Gasteiger partial charge in [-0.15, -0.1) is 0 Å². The van der Waals surface area contributed by atoms with Crippen LogP contribution < -0.4 is 4.90 Å². The Morgan fingerprint density at radius 3 is 2.59 bits per heavy atom. The van der Waals surface area contributed by atoms with Gasteiger partial charge in [0.05, 0.1) is 28.9 Å². The minimum Gasteiger partial charge on any atom is -0.282 e. The van der Waals surface area contributed by atoms with Gasteiger partial charge in [-0.1, -0.05) is 35.6 Å². The quantitative estimate of drug-likeness (QED) is 0.457. The maximum Gasteiger partial charge on any atom is 0.233 e. The molecule has 0 aliphatic rings. The van der Waals surface area contributed by atoms with Crippen molar-refractivity contribution in [2.75, 3.05) is 4.90 Å². The van der Waals surface area contributed by atoms with Gasteiger partial charge in [-0.2, -0.15) is 0 Å². The number of carbonyl (C=O) groups is 1. The summed E-state index contributed by atoms with van der Waals surface area (Å²) < 4.78 is 14.3. The second-order valence-corrected chi connectivity index (χ2v) is 7.96. The molecule has 0 aliphatic heterocycles. The summed E-state index contributed by atoms with van der Waals surface area (Å²) in [6.07, 6.45) is 1.88. The number of halogens is 1. The lowest BCUT2D eigenvalue weighted by Crippen LogP contribution is -2.32. The molecule has 0 bridgehead atoms. The largest absolute Gasteiger partial charge is 0.282 e. The highest BCUT2D eigenvalue weighted by atomic mass is 32.1. The number of thiazole rings is 1. The number of benzene rings is 2. The summed E-state index contributed by atoms with van der Waals surface area (Å²) in [6.45, 7) is 4.43. The molecule has 146 valence electrons. The van der Waals surface area contributed by atoms with Crippen molar-refractivity contribution in [3.05, 3.63) is 89.0 Å². The van der Waals surface area contributed by atoms with Crippen LogP contribution >= 0.6 is 11.3 Å². The van der Waals surface area contributed by atoms with E-state index in [1.54, 1.807) is 23.2 Å². The van der Waals surface area contributed by atoms with Crippen molar-refractivity contribution in [1.29, 1.82) is 0 Å². The number of rotatable bonds is 5. The molecule has 1 amide bonds. The minimum absolute atomic E-state index is 0.101. The highest BCUT2D eigenvalue weighted by Gasteiger charge is 2.21. The van der Waals surface area contributed by atoms with Crippen molar-refractivity contribution < 1.29 is 9.18 Å². The first-order chi connectivity index (χ1) is 14.0. The molecule has 0 radical (unpaired) electrons. The summed E-state index contributed by atoms with van der Waals surface area (Å²) >= 11 is 1.50. The number of aromatic nitrogens is 2. The first-order valence-electron chi connectivity index (χ1n) is 9.33. The zero-order valence-electron chi connectivity index (χ0n) is 16.2. The lowest BCUT2D eigenvalue weighted by molar-refractivity contribution is -0.118. The number of anilines is 1. The SMILES string of the molecule is Cc1ccc2sc(N(Cc3ccccn3)C(=O)Cc3ccc(F)cc3)nc2c1C. The lowest BCUT2D eigenvalue weighted by Gasteiger charge is -2.19. The van der Waals surface area contributed by atoms with Gasteiger partial charge in [-0.25, -0.2) is 9.37 Å². The van der Waals surface area contributed by atoms with Crippen LogP contribution in [0.1, 0.15) is 22.4 Å². The molecular weight excluding hydrogens is 385 g/mol. The Labute approximate surface area is 172 Å². The molecule has 0 saturated carbocycles. The molecule has 6 heteroatoms. The monoisotopic (exact) mass is 405 g/mol. The van der Waals surface area contributed by atoms with Crippen molar-refractivity contribution in [1.82, 2.24) is 9.97 Å². The van der Waals surface area contributed by atoms with E-state index in [1.807, 2.05) is 31.2 Å². The van der Waals surface area contributed by atoms with Crippen molar-refractivity contribution in [3.63, 3.8) is 0 Å². The van der Waals surface area contributed by atoms with Gasteiger partial charge >= 0.3 is 0 Å². The Hall–Kier alpha value is -3.12. The summed E-state index contributed by atoms with van der Waals surface area (Å²) in [6, 6.07) is 15.8. The molecule has 0 fully saturated rings. The van der Waals surface area contributed by atoms with Gasteiger partial charge in [0.2, 0.25) is 5.91 Å². The summed E-state index contributed by atoms with van der Waals surface area (Å²) in [5.41, 5.74) is 4.75. The van der Waals surface area contributed by atoms with Crippen LogP contribution in [0.4, 0.5) is 9.52 Å². The van der Waals surface area contributed by atoms with Crippen LogP contribution in [-0.2, 0) is 17.8 Å². The molecule has 0 saturated heterocycles. The smallest absolute Gasteiger partial charge is 0.233 e. The van der Waals surface area contributed by atoms with Gasteiger partial charge in [-0.3, -0.25) is 14.7 Å². The number of amides is 1. The number of hydrogen-bond donors (Lipinski definition) is 0. The van der Waals surface area contributed by atoms with E-state index < -0.39 is 0 Å². The van der Waals surface area contributed by atoms with Crippen molar-refractivity contribution in [2.45, 2.75) is 26.8 Å². The van der Waals surface area contributed by atoms with Gasteiger partial charge in [0.1, 0.15) is 5.82 Å². The van der Waals surface area contributed by atoms with Gasteiger partial charge in [0.25, 0.3) is 0 Å². The summed E-state index contributed by atoms with van der Waals surface area (Å²) in [7, 11) is 0. The van der Waals surface area contributed by atoms with Gasteiger partial charge in [-0.05, 0) is 60.9 Å². The second-order valence-electron chi connectivity index (χ2n) is 6.95. The Balaban J connectivity index is 1.70. The van der Waals surface area contributed by atoms with E-state index in [9.17, 15) is 9.18 Å². The summed E-state index contributed by atoms with van der Waals surface area (Å²) in [4.78, 5) is 24.0. The van der Waals surface area contributed by atoms with E-state index >= 15 is 0 Å². The fourth-order valence-electron chi connectivity index (χ4n) is 3.12. The molecular formula is C23H20FN3OS. The molecule has 2 heterocycles. The molecule has 4 aromatic rings. The molecule has 4 nitrogen and oxygen atoms in total. The molecule has 0 N–H and O–H groups in total. The van der Waals surface area contributed by atoms with Crippen LogP contribution in [0.3, 0.4) is 0 Å². The Kier molecular flexibility index (Phi) is 5.36. The molecule has 29 heavy (non-hydrogen) atoms. The van der Waals surface area contributed by atoms with E-state index in [-0.39, 0.29) is 18.1 Å². The van der Waals surface area contributed by atoms with Gasteiger partial charge < -0.3 is 0 Å². The fraction of sp³-hybridized carbons (Fsp3) is 0.174. The van der Waals surface area contributed by atoms with Crippen molar-refractivity contribution in [2.24, 2.45) is 0 Å². The van der Waals surface area contributed by atoms with E-state index in [4.69, 9.17) is 4.98 Å². The molecule has 2 aromatic heterocycles. The number of hydrogen-bond acceptors (Lipinski definition) is 4. The number of carbonyl (C=O) groups excluding carboxylic acids is 1. The van der Waals surface area contributed by atoms with Crippen molar-refractivity contribution >= 4 is 32.6 Å². The Morgan fingerprint density at radius 1 is 1.07 bits per heavy atom. The summed E-state index contributed by atoms with van der Waals surface area (Å²) in [5, 5.41) is 0.645. The second kappa shape index (κ2) is 8.09. The van der Waals surface area contributed by atoms with E-state index in [1.165, 1.54) is 29.0 Å². The molecule has 4 rings (SSSR count). The van der Waals surface area contributed by atoms with Crippen LogP contribution in [0.5, 0.6) is 0 Å². The average molecular weight is 405 g/mol. The molecule has 0 unspecified atom stereocenters. The third-order valence-electron chi connectivity index (χ3n) is 4.92. The van der Waals surface area contributed by atoms with Crippen LogP contribution in [0.15, 0.2) is 60.8 Å². The highest BCUT2D eigenvalue weighted by molar-refractivity contribution is 7.22. The van der Waals surface area contributed by atoms with Crippen molar-refractivity contribution in [3.8, 4) is 0 Å². The topological polar surface area (TPSA) is 46.1 Å². The van der Waals surface area contributed by atoms with Crippen LogP contribution in [-0.4, -0.2) is 15.9 Å². The average Bonchev–Trinajstić information content (AvgIpc) is 3.16. The zero-order chi connectivity index (χ0) is 20.4. The van der Waals surface area contributed by atoms with E-state index in [2.05, 4.69) is 18.0 Å². The third kappa shape index (κ3) is 4.17. The normalized spacial score (nSPS) is 11.0. The predicted molar refractivity (Wildman–Crippen MR) is 115 cm³/mol. The number of pyridine rings is 1. The third-order valence-corrected chi connectivity index (χ3v) is 5.96. The minimum atomic E-state index is -0.316. The standard InChI is InChI=1S/C23H20FN3OS/c1-15-6-11-20-22(16(15)2)26-23(29-20)27(14-19-5-3-4-12-25-19)21(28)13-17-7-9-18(24)10-8-17/h3-12H,13-14H2,1-2H3. The number of nitrogens with zero attached hydrogens (tertiary/aromatic N) is 3. The van der Waals surface area contributed by atoms with E-state index in [0.717, 1.165) is 27.0 Å². The summed E-state index contributed by atoms with van der Waals surface area (Å²) in [5.74, 6) is -0.417. The zero-order valence-corrected chi connectivity index (χ0v) is 17.0. The fourth-order valence-corrected chi connectivity index (χ4v) is 4.16. The lowest BCUT2D eigenvalue weighted by atomic mass is 10.1. The molecule has 0 atom stereocenters. The molecule has 0 spiro atoms. The van der Waals surface area contributed by atoms with Crippen LogP contribution in [0.2, 0.25) is 0 Å². The maximum atomic E-state index is 13.2. The maximum absolute atomic E-state index is 13.2. The highest BCUT2D eigenvalue weighted by Crippen LogP contribution is 2.33. The van der Waals surface area contributed by atoms with Gasteiger partial charge in [0.15, 0.2) is 5.13 Å². The van der Waals surface area contributed by atoms with Gasteiger partial charge in [0, 0.05) is 6.20 Å². The van der Waals surface area contributed by atoms with Crippen LogP contribution in [0, 0.1) is 19.7 Å². The molecule has 0 aliphatic carbocycles. The van der Waals surface area contributed by atoms with E-state index in [0.29, 0.717) is 11.7 Å². The Morgan fingerprint density at radius 2 is 1.86 bits per heavy atom. The van der Waals surface area contributed by atoms with Crippen LogP contribution in [0.25, 0.3) is 10.2 Å². The first-order valence-corrected chi connectivity index (χ1v) is 10.1. The first kappa shape index (κ1) is 19.2. The Bertz CT molecular complexity index is 1160. The number of aryl methyl sites for hydroxylation is 2.